The molecular formula is C18H30O5. The Morgan fingerprint density at radius 1 is 1.39 bits per heavy atom. The topological polar surface area (TPSA) is 54.0 Å². The smallest absolute Gasteiger partial charge is 0.306 e. The van der Waals surface area contributed by atoms with Gasteiger partial charge in [0.15, 0.2) is 5.79 Å². The molecular weight excluding hydrogens is 296 g/mol. The van der Waals surface area contributed by atoms with E-state index in [0.29, 0.717) is 26.1 Å². The Hall–Kier alpha value is -1.07. The molecule has 23 heavy (non-hydrogen) atoms. The van der Waals surface area contributed by atoms with E-state index in [1.807, 2.05) is 20.8 Å². The maximum atomic E-state index is 11.5. The predicted molar refractivity (Wildman–Crippen MR) is 86.8 cm³/mol. The fourth-order valence-electron chi connectivity index (χ4n) is 3.18. The summed E-state index contributed by atoms with van der Waals surface area (Å²) in [5, 5.41) is 0. The van der Waals surface area contributed by atoms with Crippen molar-refractivity contribution in [3.8, 4) is 0 Å². The summed E-state index contributed by atoms with van der Waals surface area (Å²) < 4.78 is 23.1. The third kappa shape index (κ3) is 4.70. The van der Waals surface area contributed by atoms with Crippen molar-refractivity contribution in [3.05, 3.63) is 11.8 Å². The second-order valence-corrected chi connectivity index (χ2v) is 6.77. The van der Waals surface area contributed by atoms with Gasteiger partial charge in [-0.2, -0.15) is 0 Å². The van der Waals surface area contributed by atoms with Gasteiger partial charge in [0.25, 0.3) is 0 Å². The highest BCUT2D eigenvalue weighted by atomic mass is 16.8. The van der Waals surface area contributed by atoms with Gasteiger partial charge >= 0.3 is 5.97 Å². The SMILES string of the molecule is CCCC[C@]1([C@@H]2COC(C)(C)O2)CC=C(CCC(=O)OCC)O1. The van der Waals surface area contributed by atoms with E-state index in [9.17, 15) is 4.79 Å². The molecule has 2 aliphatic rings. The normalized spacial score (nSPS) is 29.2. The number of rotatable bonds is 8. The molecule has 2 heterocycles. The fraction of sp³-hybridized carbons (Fsp3) is 0.833. The van der Waals surface area contributed by atoms with Gasteiger partial charge in [-0.15, -0.1) is 0 Å². The van der Waals surface area contributed by atoms with Crippen molar-refractivity contribution in [2.24, 2.45) is 0 Å². The number of hydrogen-bond donors (Lipinski definition) is 0. The van der Waals surface area contributed by atoms with Crippen LogP contribution in [0.1, 0.15) is 66.2 Å². The Kier molecular flexibility index (Phi) is 6.09. The van der Waals surface area contributed by atoms with Gasteiger partial charge in [-0.1, -0.05) is 13.3 Å². The minimum atomic E-state index is -0.555. The largest absolute Gasteiger partial charge is 0.489 e. The van der Waals surface area contributed by atoms with Crippen molar-refractivity contribution >= 4 is 5.97 Å². The van der Waals surface area contributed by atoms with Crippen LogP contribution in [-0.4, -0.2) is 36.7 Å². The fourth-order valence-corrected chi connectivity index (χ4v) is 3.18. The predicted octanol–water partition coefficient (Wildman–Crippen LogP) is 3.71. The standard InChI is InChI=1S/C18H30O5/c1-5-7-11-18(15-13-21-17(3,4)23-15)12-10-14(22-18)8-9-16(19)20-6-2/h10,15H,5-9,11-13H2,1-4H3/t15-,18+/m0/s1. The number of carbonyl (C=O) groups excluding carboxylic acids is 1. The number of hydrogen-bond acceptors (Lipinski definition) is 5. The number of unbranched alkanes of at least 4 members (excludes halogenated alkanes) is 1. The highest BCUT2D eigenvalue weighted by Gasteiger charge is 2.50. The molecule has 0 N–H and O–H groups in total. The van der Waals surface area contributed by atoms with Crippen molar-refractivity contribution in [1.29, 1.82) is 0 Å². The van der Waals surface area contributed by atoms with E-state index in [-0.39, 0.29) is 17.7 Å². The zero-order valence-corrected chi connectivity index (χ0v) is 14.9. The van der Waals surface area contributed by atoms with Crippen LogP contribution in [0, 0.1) is 0 Å². The summed E-state index contributed by atoms with van der Waals surface area (Å²) in [6.45, 7) is 8.83. The van der Waals surface area contributed by atoms with Crippen LogP contribution in [0.15, 0.2) is 11.8 Å². The van der Waals surface area contributed by atoms with Crippen molar-refractivity contribution < 1.29 is 23.7 Å². The summed E-state index contributed by atoms with van der Waals surface area (Å²) in [5.41, 5.74) is -0.353. The molecule has 0 aliphatic carbocycles. The molecule has 0 aromatic heterocycles. The van der Waals surface area contributed by atoms with Crippen LogP contribution < -0.4 is 0 Å². The van der Waals surface area contributed by atoms with Crippen molar-refractivity contribution in [2.75, 3.05) is 13.2 Å². The van der Waals surface area contributed by atoms with Gasteiger partial charge in [-0.3, -0.25) is 4.79 Å². The molecule has 0 aromatic carbocycles. The highest BCUT2D eigenvalue weighted by molar-refractivity contribution is 5.69. The molecule has 2 rings (SSSR count). The highest BCUT2D eigenvalue weighted by Crippen LogP contribution is 2.42. The molecule has 132 valence electrons. The van der Waals surface area contributed by atoms with Gasteiger partial charge in [-0.05, 0) is 39.7 Å². The molecule has 0 unspecified atom stereocenters. The van der Waals surface area contributed by atoms with Gasteiger partial charge in [0.2, 0.25) is 0 Å². The summed E-state index contributed by atoms with van der Waals surface area (Å²) >= 11 is 0. The Bertz CT molecular complexity index is 443. The van der Waals surface area contributed by atoms with Crippen LogP contribution in [0.4, 0.5) is 0 Å². The van der Waals surface area contributed by atoms with E-state index >= 15 is 0 Å². The lowest BCUT2D eigenvalue weighted by molar-refractivity contribution is -0.172. The Labute approximate surface area is 139 Å². The molecule has 2 aliphatic heterocycles. The lowest BCUT2D eigenvalue weighted by atomic mass is 9.88. The second kappa shape index (κ2) is 7.67. The van der Waals surface area contributed by atoms with Gasteiger partial charge in [-0.25, -0.2) is 0 Å². The van der Waals surface area contributed by atoms with Crippen LogP contribution in [-0.2, 0) is 23.7 Å². The van der Waals surface area contributed by atoms with E-state index in [0.717, 1.165) is 31.4 Å². The summed E-state index contributed by atoms with van der Waals surface area (Å²) in [4.78, 5) is 11.5. The summed E-state index contributed by atoms with van der Waals surface area (Å²) in [5.74, 6) is 0.146. The molecule has 0 amide bonds. The molecule has 0 radical (unpaired) electrons. The van der Waals surface area contributed by atoms with Crippen LogP contribution in [0.5, 0.6) is 0 Å². The van der Waals surface area contributed by atoms with Gasteiger partial charge in [0, 0.05) is 12.8 Å². The van der Waals surface area contributed by atoms with Crippen LogP contribution in [0.3, 0.4) is 0 Å². The number of esters is 1. The molecule has 5 nitrogen and oxygen atoms in total. The number of ether oxygens (including phenoxy) is 4. The van der Waals surface area contributed by atoms with E-state index in [1.165, 1.54) is 0 Å². The Balaban J connectivity index is 1.95. The minimum absolute atomic E-state index is 0.0691. The van der Waals surface area contributed by atoms with Crippen molar-refractivity contribution in [1.82, 2.24) is 0 Å². The van der Waals surface area contributed by atoms with Crippen LogP contribution >= 0.6 is 0 Å². The minimum Gasteiger partial charge on any atom is -0.489 e. The summed E-state index contributed by atoms with van der Waals surface area (Å²) in [6.07, 6.45) is 6.92. The average Bonchev–Trinajstić information content (AvgIpc) is 3.08. The zero-order chi connectivity index (χ0) is 16.9. The first kappa shape index (κ1) is 18.3. The molecule has 1 saturated heterocycles. The third-order valence-electron chi connectivity index (χ3n) is 4.44. The Morgan fingerprint density at radius 3 is 2.78 bits per heavy atom. The van der Waals surface area contributed by atoms with E-state index in [1.54, 1.807) is 0 Å². The molecule has 0 spiro atoms. The van der Waals surface area contributed by atoms with Crippen molar-refractivity contribution in [3.63, 3.8) is 0 Å². The number of allylic oxidation sites excluding steroid dienone is 1. The van der Waals surface area contributed by atoms with E-state index in [2.05, 4.69) is 13.0 Å². The molecule has 2 atom stereocenters. The van der Waals surface area contributed by atoms with Gasteiger partial charge in [0.05, 0.1) is 25.4 Å². The van der Waals surface area contributed by atoms with E-state index in [4.69, 9.17) is 18.9 Å². The maximum absolute atomic E-state index is 11.5. The van der Waals surface area contributed by atoms with Gasteiger partial charge < -0.3 is 18.9 Å². The average molecular weight is 326 g/mol. The first-order chi connectivity index (χ1) is 10.9. The van der Waals surface area contributed by atoms with Crippen LogP contribution in [0.2, 0.25) is 0 Å². The summed E-state index contributed by atoms with van der Waals surface area (Å²) in [7, 11) is 0. The molecule has 1 fully saturated rings. The Morgan fingerprint density at radius 2 is 2.17 bits per heavy atom. The second-order valence-electron chi connectivity index (χ2n) is 6.77. The third-order valence-corrected chi connectivity index (χ3v) is 4.44. The molecule has 0 bridgehead atoms. The van der Waals surface area contributed by atoms with E-state index < -0.39 is 5.79 Å². The first-order valence-electron chi connectivity index (χ1n) is 8.76. The lowest BCUT2D eigenvalue weighted by Gasteiger charge is -2.35. The van der Waals surface area contributed by atoms with Gasteiger partial charge in [0.1, 0.15) is 11.7 Å². The lowest BCUT2D eigenvalue weighted by Crippen LogP contribution is -2.44. The van der Waals surface area contributed by atoms with Crippen molar-refractivity contribution in [2.45, 2.75) is 83.7 Å². The molecule has 0 saturated carbocycles. The first-order valence-corrected chi connectivity index (χ1v) is 8.76. The number of carbonyl (C=O) groups is 1. The maximum Gasteiger partial charge on any atom is 0.306 e. The molecule has 0 aromatic rings. The summed E-state index contributed by atoms with van der Waals surface area (Å²) in [6, 6.07) is 0. The molecule has 5 heteroatoms. The monoisotopic (exact) mass is 326 g/mol. The zero-order valence-electron chi connectivity index (χ0n) is 14.9. The van der Waals surface area contributed by atoms with Crippen LogP contribution in [0.25, 0.3) is 0 Å². The quantitative estimate of drug-likeness (QED) is 0.636.